The molecular formula is C17H23NO4S. The first-order chi connectivity index (χ1) is 10.9. The molecule has 0 bridgehead atoms. The number of likely N-dealkylation sites (tertiary alicyclic amines) is 1. The van der Waals surface area contributed by atoms with E-state index in [1.54, 1.807) is 4.90 Å². The van der Waals surface area contributed by atoms with Crippen LogP contribution in [-0.4, -0.2) is 57.0 Å². The number of carbonyl (C=O) groups is 1. The molecule has 2 fully saturated rings. The Bertz CT molecular complexity index is 665. The van der Waals surface area contributed by atoms with Crippen LogP contribution < -0.4 is 0 Å². The number of sulfone groups is 1. The lowest BCUT2D eigenvalue weighted by Gasteiger charge is -2.39. The molecule has 0 aliphatic carbocycles. The van der Waals surface area contributed by atoms with E-state index in [2.05, 4.69) is 0 Å². The second-order valence-corrected chi connectivity index (χ2v) is 8.88. The fourth-order valence-electron chi connectivity index (χ4n) is 3.67. The summed E-state index contributed by atoms with van der Waals surface area (Å²) in [5.41, 5.74) is 0.433. The maximum Gasteiger partial charge on any atom is 0.233 e. The molecule has 23 heavy (non-hydrogen) atoms. The zero-order chi connectivity index (χ0) is 16.5. The van der Waals surface area contributed by atoms with Crippen LogP contribution in [0.1, 0.15) is 24.8 Å². The number of ether oxygens (including phenoxy) is 1. The highest BCUT2D eigenvalue weighted by atomic mass is 32.2. The first-order valence-electron chi connectivity index (χ1n) is 8.05. The van der Waals surface area contributed by atoms with E-state index in [0.717, 1.165) is 5.56 Å². The molecule has 0 radical (unpaired) electrons. The Morgan fingerprint density at radius 3 is 2.43 bits per heavy atom. The molecule has 126 valence electrons. The van der Waals surface area contributed by atoms with Crippen LogP contribution in [0.4, 0.5) is 0 Å². The molecule has 2 saturated heterocycles. The van der Waals surface area contributed by atoms with Gasteiger partial charge in [0.2, 0.25) is 5.91 Å². The minimum atomic E-state index is -3.10. The zero-order valence-electron chi connectivity index (χ0n) is 13.4. The summed E-state index contributed by atoms with van der Waals surface area (Å²) in [5, 5.41) is -0.431. The van der Waals surface area contributed by atoms with E-state index in [1.807, 2.05) is 30.3 Å². The predicted molar refractivity (Wildman–Crippen MR) is 88.0 cm³/mol. The molecule has 1 aromatic rings. The van der Waals surface area contributed by atoms with E-state index < -0.39 is 20.5 Å². The zero-order valence-corrected chi connectivity index (χ0v) is 14.2. The first-order valence-corrected chi connectivity index (χ1v) is 10.0. The van der Waals surface area contributed by atoms with Crippen molar-refractivity contribution in [1.29, 1.82) is 0 Å². The molecule has 0 saturated carbocycles. The fourth-order valence-corrected chi connectivity index (χ4v) is 4.65. The standard InChI is InChI=1S/C17H23NO4S/c1-23(20,21)15-7-10-18(13-15)16(19)17(8-11-22-12-9-17)14-5-3-2-4-6-14/h2-6,15H,7-13H2,1H3. The van der Waals surface area contributed by atoms with Gasteiger partial charge in [-0.3, -0.25) is 4.79 Å². The molecule has 1 aromatic carbocycles. The third kappa shape index (κ3) is 3.15. The van der Waals surface area contributed by atoms with E-state index in [4.69, 9.17) is 4.74 Å². The van der Waals surface area contributed by atoms with E-state index in [1.165, 1.54) is 6.26 Å². The Hall–Kier alpha value is -1.40. The Labute approximate surface area is 137 Å². The monoisotopic (exact) mass is 337 g/mol. The first kappa shape index (κ1) is 16.5. The fraction of sp³-hybridized carbons (Fsp3) is 0.588. The van der Waals surface area contributed by atoms with Crippen molar-refractivity contribution < 1.29 is 17.9 Å². The van der Waals surface area contributed by atoms with Gasteiger partial charge in [-0.1, -0.05) is 30.3 Å². The van der Waals surface area contributed by atoms with E-state index >= 15 is 0 Å². The Kier molecular flexibility index (Phi) is 4.47. The molecule has 2 heterocycles. The van der Waals surface area contributed by atoms with Crippen LogP contribution in [0.15, 0.2) is 30.3 Å². The second kappa shape index (κ2) is 6.24. The van der Waals surface area contributed by atoms with Gasteiger partial charge in [-0.15, -0.1) is 0 Å². The third-order valence-electron chi connectivity index (χ3n) is 5.12. The molecular weight excluding hydrogens is 314 g/mol. The van der Waals surface area contributed by atoms with Crippen molar-refractivity contribution >= 4 is 15.7 Å². The van der Waals surface area contributed by atoms with Gasteiger partial charge in [-0.2, -0.15) is 0 Å². The minimum Gasteiger partial charge on any atom is -0.381 e. The van der Waals surface area contributed by atoms with Gasteiger partial charge >= 0.3 is 0 Å². The van der Waals surface area contributed by atoms with Crippen LogP contribution in [0.5, 0.6) is 0 Å². The average Bonchev–Trinajstić information content (AvgIpc) is 3.06. The van der Waals surface area contributed by atoms with Gasteiger partial charge in [-0.25, -0.2) is 8.42 Å². The van der Waals surface area contributed by atoms with Crippen molar-refractivity contribution in [2.75, 3.05) is 32.6 Å². The summed E-state index contributed by atoms with van der Waals surface area (Å²) in [6.07, 6.45) is 3.09. The van der Waals surface area contributed by atoms with E-state index in [-0.39, 0.29) is 5.91 Å². The van der Waals surface area contributed by atoms with Crippen molar-refractivity contribution in [3.05, 3.63) is 35.9 Å². The van der Waals surface area contributed by atoms with Gasteiger partial charge in [0.1, 0.15) is 0 Å². The van der Waals surface area contributed by atoms with Crippen molar-refractivity contribution in [1.82, 2.24) is 4.90 Å². The number of hydrogen-bond acceptors (Lipinski definition) is 4. The quantitative estimate of drug-likeness (QED) is 0.836. The minimum absolute atomic E-state index is 0.0538. The average molecular weight is 337 g/mol. The lowest BCUT2D eigenvalue weighted by molar-refractivity contribution is -0.140. The molecule has 6 heteroatoms. The molecule has 1 amide bonds. The number of rotatable bonds is 3. The number of nitrogens with zero attached hydrogens (tertiary/aromatic N) is 1. The number of amides is 1. The Balaban J connectivity index is 1.88. The van der Waals surface area contributed by atoms with Gasteiger partial charge in [0.05, 0.1) is 10.7 Å². The largest absolute Gasteiger partial charge is 0.381 e. The summed E-state index contributed by atoms with van der Waals surface area (Å²) < 4.78 is 29.0. The molecule has 5 nitrogen and oxygen atoms in total. The van der Waals surface area contributed by atoms with Gasteiger partial charge in [0.15, 0.2) is 9.84 Å². The maximum atomic E-state index is 13.3. The van der Waals surface area contributed by atoms with Gasteiger partial charge in [-0.05, 0) is 24.8 Å². The molecule has 2 aliphatic rings. The summed E-state index contributed by atoms with van der Waals surface area (Å²) in [5.74, 6) is 0.0538. The molecule has 0 spiro atoms. The van der Waals surface area contributed by atoms with Gasteiger partial charge < -0.3 is 9.64 Å². The Morgan fingerprint density at radius 1 is 1.22 bits per heavy atom. The molecule has 1 atom stereocenters. The summed E-state index contributed by atoms with van der Waals surface area (Å²) in [6.45, 7) is 1.95. The van der Waals surface area contributed by atoms with E-state index in [0.29, 0.717) is 45.6 Å². The summed E-state index contributed by atoms with van der Waals surface area (Å²) in [6, 6.07) is 9.82. The van der Waals surface area contributed by atoms with Crippen LogP contribution in [-0.2, 0) is 24.8 Å². The second-order valence-electron chi connectivity index (χ2n) is 6.55. The highest BCUT2D eigenvalue weighted by molar-refractivity contribution is 7.91. The molecule has 0 N–H and O–H groups in total. The highest BCUT2D eigenvalue weighted by Crippen LogP contribution is 2.37. The van der Waals surface area contributed by atoms with Crippen molar-refractivity contribution in [3.63, 3.8) is 0 Å². The summed E-state index contributed by atoms with van der Waals surface area (Å²) in [7, 11) is -3.10. The molecule has 3 rings (SSSR count). The maximum absolute atomic E-state index is 13.3. The van der Waals surface area contributed by atoms with Gasteiger partial charge in [0.25, 0.3) is 0 Å². The normalized spacial score (nSPS) is 24.6. The van der Waals surface area contributed by atoms with E-state index in [9.17, 15) is 13.2 Å². The summed E-state index contributed by atoms with van der Waals surface area (Å²) >= 11 is 0. The number of carbonyl (C=O) groups excluding carboxylic acids is 1. The highest BCUT2D eigenvalue weighted by Gasteiger charge is 2.46. The number of benzene rings is 1. The lowest BCUT2D eigenvalue weighted by atomic mass is 9.73. The molecule has 1 unspecified atom stereocenters. The van der Waals surface area contributed by atoms with Crippen LogP contribution in [0, 0.1) is 0 Å². The van der Waals surface area contributed by atoms with Crippen molar-refractivity contribution in [2.24, 2.45) is 0 Å². The van der Waals surface area contributed by atoms with Crippen LogP contribution in [0.2, 0.25) is 0 Å². The molecule has 2 aliphatic heterocycles. The predicted octanol–water partition coefficient (Wildman–Crippen LogP) is 1.38. The summed E-state index contributed by atoms with van der Waals surface area (Å²) in [4.78, 5) is 15.0. The SMILES string of the molecule is CS(=O)(=O)C1CCN(C(=O)C2(c3ccccc3)CCOCC2)C1. The lowest BCUT2D eigenvalue weighted by Crippen LogP contribution is -2.49. The smallest absolute Gasteiger partial charge is 0.233 e. The van der Waals surface area contributed by atoms with Gasteiger partial charge in [0, 0.05) is 32.6 Å². The number of hydrogen-bond donors (Lipinski definition) is 0. The van der Waals surface area contributed by atoms with Crippen molar-refractivity contribution in [2.45, 2.75) is 29.9 Å². The van der Waals surface area contributed by atoms with Crippen LogP contribution >= 0.6 is 0 Å². The molecule has 0 aromatic heterocycles. The third-order valence-corrected chi connectivity index (χ3v) is 6.72. The van der Waals surface area contributed by atoms with Crippen LogP contribution in [0.3, 0.4) is 0 Å². The van der Waals surface area contributed by atoms with Crippen molar-refractivity contribution in [3.8, 4) is 0 Å². The topological polar surface area (TPSA) is 63.7 Å². The van der Waals surface area contributed by atoms with Crippen LogP contribution in [0.25, 0.3) is 0 Å². The Morgan fingerprint density at radius 2 is 1.87 bits per heavy atom.